The topological polar surface area (TPSA) is 64.5 Å². The van der Waals surface area contributed by atoms with Crippen molar-refractivity contribution >= 4 is 40.0 Å². The normalized spacial score (nSPS) is 12.5. The Bertz CT molecular complexity index is 1270. The molecule has 2 aromatic carbocycles. The summed E-state index contributed by atoms with van der Waals surface area (Å²) in [4.78, 5) is 6.39. The first kappa shape index (κ1) is 22.4. The number of ether oxygens (including phenoxy) is 1. The Morgan fingerprint density at radius 2 is 1.88 bits per heavy atom. The molecular weight excluding hydrogens is 452 g/mol. The lowest BCUT2D eigenvalue weighted by molar-refractivity contribution is 0.227. The zero-order valence-electron chi connectivity index (χ0n) is 17.8. The molecule has 8 heteroatoms. The van der Waals surface area contributed by atoms with Crippen molar-refractivity contribution in [1.82, 2.24) is 9.88 Å². The second-order valence-corrected chi connectivity index (χ2v) is 8.60. The number of rotatable bonds is 6. The molecule has 0 aliphatic heterocycles. The molecule has 0 radical (unpaired) electrons. The Morgan fingerprint density at radius 1 is 1.16 bits per heavy atom. The van der Waals surface area contributed by atoms with E-state index in [1.54, 1.807) is 19.4 Å². The molecule has 32 heavy (non-hydrogen) atoms. The minimum Gasteiger partial charge on any atom is -0.478 e. The molecule has 2 N–H and O–H groups in total. The molecule has 2 heterocycles. The lowest BCUT2D eigenvalue weighted by atomic mass is 10.0. The van der Waals surface area contributed by atoms with Crippen molar-refractivity contribution in [3.05, 3.63) is 75.8 Å². The van der Waals surface area contributed by atoms with Gasteiger partial charge in [0.2, 0.25) is 5.75 Å². The number of aromatic nitrogens is 1. The van der Waals surface area contributed by atoms with Crippen molar-refractivity contribution in [1.29, 1.82) is 0 Å². The largest absolute Gasteiger partial charge is 0.478 e. The number of anilines is 1. The van der Waals surface area contributed by atoms with Crippen LogP contribution in [0.15, 0.2) is 53.3 Å². The van der Waals surface area contributed by atoms with Crippen LogP contribution in [-0.4, -0.2) is 24.0 Å². The number of furan rings is 1. The van der Waals surface area contributed by atoms with Gasteiger partial charge in [0.15, 0.2) is 11.4 Å². The lowest BCUT2D eigenvalue weighted by Crippen LogP contribution is -2.10. The summed E-state index contributed by atoms with van der Waals surface area (Å²) in [5.41, 5.74) is 9.91. The number of nitrogen functional groups attached to an aromatic ring is 1. The number of hydrogen-bond acceptors (Lipinski definition) is 5. The molecule has 2 aromatic heterocycles. The van der Waals surface area contributed by atoms with Crippen LogP contribution in [0.3, 0.4) is 0 Å². The monoisotopic (exact) mass is 473 g/mol. The van der Waals surface area contributed by atoms with Gasteiger partial charge in [-0.2, -0.15) is 0 Å². The first-order chi connectivity index (χ1) is 15.3. The molecule has 5 nitrogen and oxygen atoms in total. The van der Waals surface area contributed by atoms with Crippen LogP contribution in [0.2, 0.25) is 10.0 Å². The summed E-state index contributed by atoms with van der Waals surface area (Å²) in [7, 11) is 4.06. The molecule has 0 spiro atoms. The van der Waals surface area contributed by atoms with Crippen LogP contribution in [0.4, 0.5) is 10.2 Å². The van der Waals surface area contributed by atoms with Gasteiger partial charge < -0.3 is 19.8 Å². The predicted molar refractivity (Wildman–Crippen MR) is 127 cm³/mol. The minimum atomic E-state index is -0.695. The fourth-order valence-corrected chi connectivity index (χ4v) is 4.30. The van der Waals surface area contributed by atoms with E-state index < -0.39 is 11.9 Å². The van der Waals surface area contributed by atoms with Crippen molar-refractivity contribution < 1.29 is 13.5 Å². The SMILES string of the molecule is CC(Oc1c(N)ncc2c(-c3ccc(CN(C)C)cc3)coc12)c1c(Cl)ccc(F)c1Cl. The first-order valence-corrected chi connectivity index (χ1v) is 10.7. The van der Waals surface area contributed by atoms with Crippen LogP contribution in [-0.2, 0) is 6.54 Å². The number of hydrogen-bond donors (Lipinski definition) is 1. The highest BCUT2D eigenvalue weighted by molar-refractivity contribution is 6.36. The summed E-state index contributed by atoms with van der Waals surface area (Å²) < 4.78 is 25.9. The number of nitrogens with two attached hydrogens (primary N) is 1. The molecule has 0 amide bonds. The second kappa shape index (κ2) is 8.98. The summed E-state index contributed by atoms with van der Waals surface area (Å²) in [6.07, 6.45) is 2.60. The highest BCUT2D eigenvalue weighted by Gasteiger charge is 2.23. The highest BCUT2D eigenvalue weighted by atomic mass is 35.5. The fourth-order valence-electron chi connectivity index (χ4n) is 3.62. The van der Waals surface area contributed by atoms with Crippen molar-refractivity contribution in [2.45, 2.75) is 19.6 Å². The quantitative estimate of drug-likeness (QED) is 0.314. The average Bonchev–Trinajstić information content (AvgIpc) is 3.17. The molecular formula is C24H22Cl2FN3O2. The van der Waals surface area contributed by atoms with E-state index >= 15 is 0 Å². The highest BCUT2D eigenvalue weighted by Crippen LogP contribution is 2.41. The van der Waals surface area contributed by atoms with Gasteiger partial charge >= 0.3 is 0 Å². The maximum atomic E-state index is 14.0. The zero-order valence-corrected chi connectivity index (χ0v) is 19.3. The Kier molecular flexibility index (Phi) is 6.29. The van der Waals surface area contributed by atoms with Gasteiger partial charge in [0.1, 0.15) is 11.9 Å². The van der Waals surface area contributed by atoms with Crippen LogP contribution < -0.4 is 10.5 Å². The van der Waals surface area contributed by atoms with Crippen LogP contribution in [0, 0.1) is 5.82 Å². The van der Waals surface area contributed by atoms with Crippen molar-refractivity contribution in [2.75, 3.05) is 19.8 Å². The number of pyridine rings is 1. The number of nitrogens with zero attached hydrogens (tertiary/aromatic N) is 2. The van der Waals surface area contributed by atoms with Gasteiger partial charge in [0, 0.05) is 28.9 Å². The summed E-state index contributed by atoms with van der Waals surface area (Å²) >= 11 is 12.4. The molecule has 4 aromatic rings. The zero-order chi connectivity index (χ0) is 23.0. The Balaban J connectivity index is 1.71. The van der Waals surface area contributed by atoms with Crippen LogP contribution in [0.5, 0.6) is 5.75 Å². The third-order valence-electron chi connectivity index (χ3n) is 5.15. The van der Waals surface area contributed by atoms with Crippen molar-refractivity contribution in [3.63, 3.8) is 0 Å². The van der Waals surface area contributed by atoms with Gasteiger partial charge in [0.05, 0.1) is 16.7 Å². The van der Waals surface area contributed by atoms with Crippen molar-refractivity contribution in [2.24, 2.45) is 0 Å². The summed E-state index contributed by atoms with van der Waals surface area (Å²) in [5, 5.41) is 0.945. The Labute approximate surface area is 195 Å². The summed E-state index contributed by atoms with van der Waals surface area (Å²) in [5.74, 6) is -0.180. The van der Waals surface area contributed by atoms with E-state index in [-0.39, 0.29) is 16.6 Å². The molecule has 0 saturated heterocycles. The molecule has 166 valence electrons. The molecule has 0 fully saturated rings. The lowest BCUT2D eigenvalue weighted by Gasteiger charge is -2.18. The average molecular weight is 474 g/mol. The van der Waals surface area contributed by atoms with Gasteiger partial charge in [0.25, 0.3) is 0 Å². The van der Waals surface area contributed by atoms with Gasteiger partial charge in [-0.15, -0.1) is 0 Å². The molecule has 1 unspecified atom stereocenters. The van der Waals surface area contributed by atoms with Crippen molar-refractivity contribution in [3.8, 4) is 16.9 Å². The standard InChI is InChI=1S/C24H22Cl2FN3O2/c1-13(20-18(25)8-9-19(27)21(20)26)32-23-22-16(10-29-24(23)28)17(12-31-22)15-6-4-14(5-7-15)11-30(2)3/h4-10,12-13H,11H2,1-3H3,(H2,28,29). The predicted octanol–water partition coefficient (Wildman–Crippen LogP) is 6.72. The maximum absolute atomic E-state index is 14.0. The third kappa shape index (κ3) is 4.26. The number of benzene rings is 2. The molecule has 0 bridgehead atoms. The molecule has 0 aliphatic rings. The van der Waals surface area contributed by atoms with Crippen LogP contribution in [0.25, 0.3) is 22.1 Å². The van der Waals surface area contributed by atoms with Crippen LogP contribution >= 0.6 is 23.2 Å². The van der Waals surface area contributed by atoms with E-state index in [0.29, 0.717) is 16.2 Å². The molecule has 4 rings (SSSR count). The maximum Gasteiger partial charge on any atom is 0.205 e. The van der Waals surface area contributed by atoms with Gasteiger partial charge in [-0.05, 0) is 44.3 Å². The van der Waals surface area contributed by atoms with E-state index in [1.807, 2.05) is 26.2 Å². The molecule has 1 atom stereocenters. The van der Waals surface area contributed by atoms with Gasteiger partial charge in [-0.1, -0.05) is 47.5 Å². The first-order valence-electron chi connectivity index (χ1n) is 9.96. The Hall–Kier alpha value is -2.80. The van der Waals surface area contributed by atoms with Gasteiger partial charge in [-0.25, -0.2) is 9.37 Å². The van der Waals surface area contributed by atoms with E-state index in [2.05, 4.69) is 22.0 Å². The third-order valence-corrected chi connectivity index (χ3v) is 5.86. The summed E-state index contributed by atoms with van der Waals surface area (Å²) in [6.45, 7) is 2.56. The minimum absolute atomic E-state index is 0.0957. The van der Waals surface area contributed by atoms with E-state index in [4.69, 9.17) is 38.1 Å². The van der Waals surface area contributed by atoms with E-state index in [0.717, 1.165) is 23.1 Å². The van der Waals surface area contributed by atoms with E-state index in [9.17, 15) is 4.39 Å². The number of fused-ring (bicyclic) bond motifs is 1. The molecule has 0 aliphatic carbocycles. The van der Waals surface area contributed by atoms with Crippen LogP contribution in [0.1, 0.15) is 24.2 Å². The van der Waals surface area contributed by atoms with E-state index in [1.165, 1.54) is 17.7 Å². The molecule has 0 saturated carbocycles. The Morgan fingerprint density at radius 3 is 2.56 bits per heavy atom. The number of halogens is 3. The van der Waals surface area contributed by atoms with Gasteiger partial charge in [-0.3, -0.25) is 0 Å². The smallest absolute Gasteiger partial charge is 0.205 e. The second-order valence-electron chi connectivity index (χ2n) is 7.82. The fraction of sp³-hybridized carbons (Fsp3) is 0.208. The summed E-state index contributed by atoms with van der Waals surface area (Å²) in [6, 6.07) is 10.9.